The topological polar surface area (TPSA) is 128 Å². The Kier molecular flexibility index (Phi) is 6.39. The second-order valence-electron chi connectivity index (χ2n) is 7.77. The molecule has 0 aliphatic heterocycles. The van der Waals surface area contributed by atoms with Crippen LogP contribution in [0.1, 0.15) is 21.9 Å². The van der Waals surface area contributed by atoms with E-state index in [1.54, 1.807) is 50.9 Å². The molecule has 10 heteroatoms. The van der Waals surface area contributed by atoms with Crippen molar-refractivity contribution in [3.8, 4) is 34.1 Å². The summed E-state index contributed by atoms with van der Waals surface area (Å²) in [4.78, 5) is 21.5. The van der Waals surface area contributed by atoms with Crippen molar-refractivity contribution in [3.63, 3.8) is 0 Å². The summed E-state index contributed by atoms with van der Waals surface area (Å²) in [5.74, 6) is 1.84. The highest BCUT2D eigenvalue weighted by atomic mass is 16.5. The Morgan fingerprint density at radius 2 is 1.86 bits per heavy atom. The maximum absolute atomic E-state index is 13.0. The van der Waals surface area contributed by atoms with Gasteiger partial charge in [0.25, 0.3) is 5.91 Å². The first-order valence-corrected chi connectivity index (χ1v) is 11.0. The van der Waals surface area contributed by atoms with Gasteiger partial charge in [0.2, 0.25) is 11.7 Å². The van der Waals surface area contributed by atoms with Crippen LogP contribution in [0.3, 0.4) is 0 Å². The van der Waals surface area contributed by atoms with Crippen molar-refractivity contribution in [3.05, 3.63) is 90.2 Å². The first-order valence-electron chi connectivity index (χ1n) is 11.0. The summed E-state index contributed by atoms with van der Waals surface area (Å²) in [6.45, 7) is 0. The largest absolute Gasteiger partial charge is 0.497 e. The summed E-state index contributed by atoms with van der Waals surface area (Å²) in [5.41, 5.74) is 3.81. The van der Waals surface area contributed by atoms with Crippen LogP contribution in [0.5, 0.6) is 11.5 Å². The molecule has 0 radical (unpaired) electrons. The molecule has 10 nitrogen and oxygen atoms in total. The first kappa shape index (κ1) is 22.8. The number of hydrogen-bond donors (Lipinski definition) is 2. The quantitative estimate of drug-likeness (QED) is 0.333. The summed E-state index contributed by atoms with van der Waals surface area (Å²) >= 11 is 0. The number of carbonyl (C=O) groups excluding carboxylic acids is 1. The van der Waals surface area contributed by atoms with Crippen LogP contribution in [0.2, 0.25) is 0 Å². The summed E-state index contributed by atoms with van der Waals surface area (Å²) in [5, 5.41) is 14.1. The molecule has 0 fully saturated rings. The number of pyridine rings is 1. The lowest BCUT2D eigenvalue weighted by atomic mass is 10.1. The Morgan fingerprint density at radius 3 is 2.67 bits per heavy atom. The third-order valence-electron chi connectivity index (χ3n) is 5.52. The van der Waals surface area contributed by atoms with Crippen LogP contribution in [-0.4, -0.2) is 45.4 Å². The number of ether oxygens (including phenoxy) is 2. The van der Waals surface area contributed by atoms with E-state index in [2.05, 4.69) is 30.6 Å². The first-order chi connectivity index (χ1) is 17.6. The molecule has 5 rings (SSSR count). The Balaban J connectivity index is 1.34. The lowest BCUT2D eigenvalue weighted by Crippen LogP contribution is -2.14. The number of nitrogens with zero attached hydrogens (tertiary/aromatic N) is 4. The molecular formula is C26H22N6O4. The second kappa shape index (κ2) is 10.1. The predicted molar refractivity (Wildman–Crippen MR) is 132 cm³/mol. The zero-order valence-electron chi connectivity index (χ0n) is 19.6. The minimum absolute atomic E-state index is 0.294. The lowest BCUT2D eigenvalue weighted by Gasteiger charge is -2.09. The van der Waals surface area contributed by atoms with Gasteiger partial charge in [-0.25, -0.2) is 0 Å². The number of benzene rings is 2. The van der Waals surface area contributed by atoms with Gasteiger partial charge >= 0.3 is 0 Å². The zero-order chi connectivity index (χ0) is 24.9. The monoisotopic (exact) mass is 482 g/mol. The van der Waals surface area contributed by atoms with Gasteiger partial charge in [-0.1, -0.05) is 23.4 Å². The van der Waals surface area contributed by atoms with Gasteiger partial charge in [0.15, 0.2) is 0 Å². The van der Waals surface area contributed by atoms with Gasteiger partial charge in [0.1, 0.15) is 17.2 Å². The number of rotatable bonds is 8. The van der Waals surface area contributed by atoms with Crippen molar-refractivity contribution in [2.45, 2.75) is 6.42 Å². The summed E-state index contributed by atoms with van der Waals surface area (Å²) in [6.07, 6.45) is 3.69. The number of aromatic amines is 1. The van der Waals surface area contributed by atoms with Crippen LogP contribution >= 0.6 is 0 Å². The average Bonchev–Trinajstić information content (AvgIpc) is 3.60. The molecule has 0 atom stereocenters. The molecule has 0 saturated heterocycles. The van der Waals surface area contributed by atoms with Gasteiger partial charge in [0, 0.05) is 29.2 Å². The summed E-state index contributed by atoms with van der Waals surface area (Å²) < 4.78 is 16.2. The van der Waals surface area contributed by atoms with Crippen molar-refractivity contribution in [2.75, 3.05) is 19.5 Å². The standard InChI is InChI=1S/C26H22N6O4/c1-34-18-7-8-23(35-2)19(14-18)21-15-22(31-30-21)26(33)28-20-6-4-3-5-17(20)13-24-29-25(32-36-24)16-9-11-27-12-10-16/h3-12,14-15H,13H2,1-2H3,(H,28,33)(H,30,31). The van der Waals surface area contributed by atoms with E-state index in [9.17, 15) is 4.79 Å². The van der Waals surface area contributed by atoms with E-state index in [1.807, 2.05) is 36.4 Å². The smallest absolute Gasteiger partial charge is 0.273 e. The maximum atomic E-state index is 13.0. The van der Waals surface area contributed by atoms with Gasteiger partial charge in [-0.3, -0.25) is 14.9 Å². The van der Waals surface area contributed by atoms with Crippen molar-refractivity contribution in [1.29, 1.82) is 0 Å². The van der Waals surface area contributed by atoms with E-state index in [-0.39, 0.29) is 5.91 Å². The summed E-state index contributed by atoms with van der Waals surface area (Å²) in [6, 6.07) is 18.1. The molecule has 3 heterocycles. The predicted octanol–water partition coefficient (Wildman–Crippen LogP) is 4.38. The average molecular weight is 483 g/mol. The van der Waals surface area contributed by atoms with Gasteiger partial charge in [0.05, 0.1) is 26.3 Å². The number of carbonyl (C=O) groups is 1. The second-order valence-corrected chi connectivity index (χ2v) is 7.77. The maximum Gasteiger partial charge on any atom is 0.273 e. The molecule has 0 aliphatic carbocycles. The Labute approximate surface area is 206 Å². The fourth-order valence-electron chi connectivity index (χ4n) is 3.68. The molecule has 1 amide bonds. The van der Waals surface area contributed by atoms with Crippen LogP contribution in [0.4, 0.5) is 5.69 Å². The zero-order valence-corrected chi connectivity index (χ0v) is 19.6. The number of methoxy groups -OCH3 is 2. The molecule has 0 unspecified atom stereocenters. The third kappa shape index (κ3) is 4.78. The van der Waals surface area contributed by atoms with Crippen LogP contribution in [0.25, 0.3) is 22.6 Å². The highest BCUT2D eigenvalue weighted by Crippen LogP contribution is 2.32. The highest BCUT2D eigenvalue weighted by Gasteiger charge is 2.17. The molecule has 0 aliphatic rings. The van der Waals surface area contributed by atoms with Gasteiger partial charge < -0.3 is 19.3 Å². The van der Waals surface area contributed by atoms with E-state index >= 15 is 0 Å². The van der Waals surface area contributed by atoms with Crippen LogP contribution in [0.15, 0.2) is 77.6 Å². The molecule has 3 aromatic heterocycles. The van der Waals surface area contributed by atoms with Crippen molar-refractivity contribution < 1.29 is 18.8 Å². The number of nitrogens with one attached hydrogen (secondary N) is 2. The minimum atomic E-state index is -0.342. The molecule has 0 spiro atoms. The van der Waals surface area contributed by atoms with Gasteiger partial charge in [-0.05, 0) is 48.0 Å². The van der Waals surface area contributed by atoms with Crippen LogP contribution in [0, 0.1) is 0 Å². The Bertz CT molecular complexity index is 1500. The molecular weight excluding hydrogens is 460 g/mol. The van der Waals surface area contributed by atoms with E-state index in [0.29, 0.717) is 52.3 Å². The van der Waals surface area contributed by atoms with Crippen molar-refractivity contribution in [1.82, 2.24) is 25.3 Å². The molecule has 0 saturated carbocycles. The number of hydrogen-bond acceptors (Lipinski definition) is 8. The fourth-order valence-corrected chi connectivity index (χ4v) is 3.68. The van der Waals surface area contributed by atoms with E-state index in [4.69, 9.17) is 14.0 Å². The van der Waals surface area contributed by atoms with Gasteiger partial charge in [-0.15, -0.1) is 0 Å². The Morgan fingerprint density at radius 1 is 1.03 bits per heavy atom. The van der Waals surface area contributed by atoms with Crippen LogP contribution in [-0.2, 0) is 6.42 Å². The molecule has 2 aromatic carbocycles. The van der Waals surface area contributed by atoms with Gasteiger partial charge in [-0.2, -0.15) is 10.1 Å². The molecule has 0 bridgehead atoms. The normalized spacial score (nSPS) is 10.7. The number of aromatic nitrogens is 5. The molecule has 2 N–H and O–H groups in total. The SMILES string of the molecule is COc1ccc(OC)c(-c2cc(C(=O)Nc3ccccc3Cc3nc(-c4ccncc4)no3)[nH]n2)c1. The molecule has 180 valence electrons. The number of para-hydroxylation sites is 1. The van der Waals surface area contributed by atoms with Crippen molar-refractivity contribution >= 4 is 11.6 Å². The number of anilines is 1. The summed E-state index contributed by atoms with van der Waals surface area (Å²) in [7, 11) is 3.16. The minimum Gasteiger partial charge on any atom is -0.497 e. The fraction of sp³-hybridized carbons (Fsp3) is 0.115. The number of amides is 1. The van der Waals surface area contributed by atoms with E-state index in [1.165, 1.54) is 0 Å². The highest BCUT2D eigenvalue weighted by molar-refractivity contribution is 6.04. The Hall–Kier alpha value is -4.99. The third-order valence-corrected chi connectivity index (χ3v) is 5.52. The van der Waals surface area contributed by atoms with E-state index in [0.717, 1.165) is 11.1 Å². The number of H-pyrrole nitrogens is 1. The lowest BCUT2D eigenvalue weighted by molar-refractivity contribution is 0.102. The molecule has 5 aromatic rings. The van der Waals surface area contributed by atoms with Crippen molar-refractivity contribution in [2.24, 2.45) is 0 Å². The molecule has 36 heavy (non-hydrogen) atoms. The van der Waals surface area contributed by atoms with Crippen LogP contribution < -0.4 is 14.8 Å². The van der Waals surface area contributed by atoms with E-state index < -0.39 is 0 Å².